The normalized spacial score (nSPS) is 26.5. The molecule has 3 aliphatic rings. The minimum atomic E-state index is 0.492. The minimum absolute atomic E-state index is 0.492. The van der Waals surface area contributed by atoms with Crippen LogP contribution < -0.4 is 10.2 Å². The molecule has 1 N–H and O–H groups in total. The third kappa shape index (κ3) is 3.60. The van der Waals surface area contributed by atoms with E-state index in [2.05, 4.69) is 52.2 Å². The molecule has 2 saturated heterocycles. The van der Waals surface area contributed by atoms with Gasteiger partial charge in [-0.1, -0.05) is 17.7 Å². The molecule has 0 aromatic heterocycles. The lowest BCUT2D eigenvalue weighted by Crippen LogP contribution is -2.51. The van der Waals surface area contributed by atoms with Crippen LogP contribution in [0.15, 0.2) is 18.2 Å². The van der Waals surface area contributed by atoms with Gasteiger partial charge in [-0.05, 0) is 50.8 Å². The van der Waals surface area contributed by atoms with Crippen LogP contribution in [0.25, 0.3) is 0 Å². The third-order valence-corrected chi connectivity index (χ3v) is 6.32. The molecule has 6 heteroatoms. The highest BCUT2D eigenvalue weighted by atomic mass is 32.1. The largest absolute Gasteiger partial charge is 0.379 e. The summed E-state index contributed by atoms with van der Waals surface area (Å²) in [7, 11) is 2.23. The van der Waals surface area contributed by atoms with E-state index in [0.29, 0.717) is 12.0 Å². The molecule has 0 radical (unpaired) electrons. The van der Waals surface area contributed by atoms with Crippen molar-refractivity contribution < 1.29 is 4.74 Å². The Kier molecular flexibility index (Phi) is 5.45. The summed E-state index contributed by atoms with van der Waals surface area (Å²) in [6.45, 7) is 10.1. The highest BCUT2D eigenvalue weighted by molar-refractivity contribution is 7.80. The van der Waals surface area contributed by atoms with Crippen LogP contribution in [0, 0.1) is 6.92 Å². The maximum atomic E-state index is 5.85. The summed E-state index contributed by atoms with van der Waals surface area (Å²) in [6.07, 6.45) is 1.17. The van der Waals surface area contributed by atoms with Crippen molar-refractivity contribution in [2.45, 2.75) is 25.3 Å². The Labute approximate surface area is 162 Å². The number of nitrogens with one attached hydrogen (secondary N) is 1. The summed E-state index contributed by atoms with van der Waals surface area (Å²) >= 11 is 5.85. The molecule has 4 rings (SSSR count). The molecule has 0 amide bonds. The third-order valence-electron chi connectivity index (χ3n) is 5.98. The lowest BCUT2D eigenvalue weighted by Gasteiger charge is -2.37. The number of nitrogens with zero attached hydrogens (tertiary/aromatic N) is 3. The van der Waals surface area contributed by atoms with Gasteiger partial charge in [0.25, 0.3) is 0 Å². The predicted octanol–water partition coefficient (Wildman–Crippen LogP) is 1.81. The van der Waals surface area contributed by atoms with Gasteiger partial charge in [-0.15, -0.1) is 0 Å². The number of likely N-dealkylation sites (tertiary alicyclic amines) is 1. The number of aryl methyl sites for hydroxylation is 1. The van der Waals surface area contributed by atoms with Crippen molar-refractivity contribution >= 4 is 23.0 Å². The fraction of sp³-hybridized carbons (Fsp3) is 0.650. The Morgan fingerprint density at radius 2 is 2.08 bits per heavy atom. The van der Waals surface area contributed by atoms with E-state index in [-0.39, 0.29) is 0 Å². The Morgan fingerprint density at radius 1 is 1.27 bits per heavy atom. The van der Waals surface area contributed by atoms with Gasteiger partial charge in [-0.25, -0.2) is 0 Å². The fourth-order valence-corrected chi connectivity index (χ4v) is 4.91. The Balaban J connectivity index is 1.45. The van der Waals surface area contributed by atoms with Gasteiger partial charge in [0.15, 0.2) is 5.11 Å². The number of benzene rings is 1. The monoisotopic (exact) mass is 374 g/mol. The maximum Gasteiger partial charge on any atom is 0.173 e. The predicted molar refractivity (Wildman–Crippen MR) is 110 cm³/mol. The molecule has 3 aliphatic heterocycles. The zero-order chi connectivity index (χ0) is 18.1. The fourth-order valence-electron chi connectivity index (χ4n) is 4.58. The lowest BCUT2D eigenvalue weighted by molar-refractivity contribution is 0.0389. The van der Waals surface area contributed by atoms with Crippen molar-refractivity contribution in [3.05, 3.63) is 29.3 Å². The van der Waals surface area contributed by atoms with Crippen molar-refractivity contribution in [3.8, 4) is 0 Å². The molecule has 5 nitrogen and oxygen atoms in total. The molecule has 3 heterocycles. The smallest absolute Gasteiger partial charge is 0.173 e. The molecular weight excluding hydrogens is 344 g/mol. The number of ether oxygens (including phenoxy) is 1. The number of hydrogen-bond donors (Lipinski definition) is 1. The van der Waals surface area contributed by atoms with Crippen LogP contribution in [0.2, 0.25) is 0 Å². The summed E-state index contributed by atoms with van der Waals surface area (Å²) in [5.74, 6) is 0.558. The van der Waals surface area contributed by atoms with Gasteiger partial charge in [0.2, 0.25) is 0 Å². The van der Waals surface area contributed by atoms with Crippen LogP contribution in [0.1, 0.15) is 23.5 Å². The summed E-state index contributed by atoms with van der Waals surface area (Å²) < 4.78 is 5.42. The molecule has 1 aromatic rings. The van der Waals surface area contributed by atoms with Crippen LogP contribution in [0.3, 0.4) is 0 Å². The topological polar surface area (TPSA) is 31.0 Å². The van der Waals surface area contributed by atoms with Crippen molar-refractivity contribution in [1.29, 1.82) is 0 Å². The minimum Gasteiger partial charge on any atom is -0.379 e. The Hall–Kier alpha value is -1.21. The molecule has 0 saturated carbocycles. The number of thiocarbonyl (C=S) groups is 1. The second kappa shape index (κ2) is 7.80. The van der Waals surface area contributed by atoms with Gasteiger partial charge in [0.1, 0.15) is 0 Å². The average Bonchev–Trinajstić information content (AvgIpc) is 2.95. The van der Waals surface area contributed by atoms with Gasteiger partial charge in [-0.2, -0.15) is 0 Å². The van der Waals surface area contributed by atoms with Crippen molar-refractivity contribution in [3.63, 3.8) is 0 Å². The molecule has 142 valence electrons. The van der Waals surface area contributed by atoms with Gasteiger partial charge in [0, 0.05) is 50.4 Å². The van der Waals surface area contributed by atoms with E-state index < -0.39 is 0 Å². The van der Waals surface area contributed by atoms with Crippen LogP contribution in [-0.2, 0) is 4.74 Å². The lowest BCUT2D eigenvalue weighted by atomic mass is 9.89. The van der Waals surface area contributed by atoms with Gasteiger partial charge < -0.3 is 19.9 Å². The van der Waals surface area contributed by atoms with E-state index in [4.69, 9.17) is 17.0 Å². The summed E-state index contributed by atoms with van der Waals surface area (Å²) in [5, 5.41) is 4.42. The summed E-state index contributed by atoms with van der Waals surface area (Å²) in [4.78, 5) is 7.30. The average molecular weight is 375 g/mol. The summed E-state index contributed by atoms with van der Waals surface area (Å²) in [6, 6.07) is 7.33. The summed E-state index contributed by atoms with van der Waals surface area (Å²) in [5.41, 5.74) is 4.12. The SMILES string of the molecule is Cc1ccc2c(c1)C1CN(C)CCC1N2C(=S)NCCN1CCOCC1. The quantitative estimate of drug-likeness (QED) is 0.812. The van der Waals surface area contributed by atoms with Crippen LogP contribution >= 0.6 is 12.2 Å². The number of likely N-dealkylation sites (N-methyl/N-ethyl adjacent to an activating group) is 1. The second-order valence-corrected chi connectivity index (χ2v) is 8.23. The van der Waals surface area contributed by atoms with Crippen molar-refractivity contribution in [2.75, 3.05) is 64.4 Å². The molecule has 26 heavy (non-hydrogen) atoms. The maximum absolute atomic E-state index is 5.85. The molecule has 0 spiro atoms. The van der Waals surface area contributed by atoms with Gasteiger partial charge in [-0.3, -0.25) is 4.90 Å². The molecule has 2 fully saturated rings. The number of rotatable bonds is 3. The first kappa shape index (κ1) is 18.2. The molecule has 0 bridgehead atoms. The highest BCUT2D eigenvalue weighted by Gasteiger charge is 2.42. The molecule has 2 unspecified atom stereocenters. The number of hydrogen-bond acceptors (Lipinski definition) is 4. The Bertz CT molecular complexity index is 661. The Morgan fingerprint density at radius 3 is 2.88 bits per heavy atom. The van der Waals surface area contributed by atoms with Crippen molar-refractivity contribution in [1.82, 2.24) is 15.1 Å². The van der Waals surface area contributed by atoms with E-state index >= 15 is 0 Å². The van der Waals surface area contributed by atoms with Crippen LogP contribution in [-0.4, -0.2) is 80.5 Å². The van der Waals surface area contributed by atoms with Crippen molar-refractivity contribution in [2.24, 2.45) is 0 Å². The number of piperidine rings is 1. The van der Waals surface area contributed by atoms with Gasteiger partial charge >= 0.3 is 0 Å². The zero-order valence-electron chi connectivity index (χ0n) is 15.9. The molecule has 0 aliphatic carbocycles. The first-order valence-corrected chi connectivity index (χ1v) is 10.2. The zero-order valence-corrected chi connectivity index (χ0v) is 16.7. The number of anilines is 1. The van der Waals surface area contributed by atoms with E-state index in [1.807, 2.05) is 0 Å². The first-order valence-electron chi connectivity index (χ1n) is 9.80. The van der Waals surface area contributed by atoms with E-state index in [1.165, 1.54) is 23.2 Å². The van der Waals surface area contributed by atoms with E-state index in [1.54, 1.807) is 0 Å². The van der Waals surface area contributed by atoms with E-state index in [9.17, 15) is 0 Å². The second-order valence-electron chi connectivity index (χ2n) is 7.84. The highest BCUT2D eigenvalue weighted by Crippen LogP contribution is 2.44. The van der Waals surface area contributed by atoms with Crippen LogP contribution in [0.4, 0.5) is 5.69 Å². The first-order chi connectivity index (χ1) is 12.6. The van der Waals surface area contributed by atoms with E-state index in [0.717, 1.165) is 57.6 Å². The molecular formula is C20H30N4OS. The number of fused-ring (bicyclic) bond motifs is 3. The molecule has 2 atom stereocenters. The van der Waals surface area contributed by atoms with Gasteiger partial charge in [0.05, 0.1) is 13.2 Å². The molecule has 1 aromatic carbocycles. The van der Waals surface area contributed by atoms with Crippen LogP contribution in [0.5, 0.6) is 0 Å². The standard InChI is InChI=1S/C20H30N4OS/c1-15-3-4-18-16(13-15)17-14-22(2)7-5-19(17)24(18)20(26)21-6-8-23-9-11-25-12-10-23/h3-4,13,17,19H,5-12,14H2,1-2H3,(H,21,26). The number of morpholine rings is 1.